The predicted octanol–water partition coefficient (Wildman–Crippen LogP) is 5.56. The number of carbonyl (C=O) groups excluding carboxylic acids is 1. The van der Waals surface area contributed by atoms with Crippen LogP contribution in [0.25, 0.3) is 22.0 Å². The summed E-state index contributed by atoms with van der Waals surface area (Å²) in [4.78, 5) is 25.7. The molecule has 2 heterocycles. The van der Waals surface area contributed by atoms with E-state index in [4.69, 9.17) is 27.9 Å². The largest absolute Gasteiger partial charge is 0.470 e. The standard InChI is InChI=1S/C23H13Cl2NO3/c24-16-6-4-13(5-7-16)23(28)15-9-19-18(14-2-1-3-17(25)8-14)11-21(27)26-12-29-20(10-15)22(19)26/h1-11H,12H2. The van der Waals surface area contributed by atoms with Gasteiger partial charge in [0.25, 0.3) is 5.56 Å². The Hall–Kier alpha value is -3.08. The fourth-order valence-electron chi connectivity index (χ4n) is 3.65. The summed E-state index contributed by atoms with van der Waals surface area (Å²) in [5.41, 5.74) is 3.03. The molecule has 6 heteroatoms. The molecule has 1 aromatic heterocycles. The van der Waals surface area contributed by atoms with E-state index < -0.39 is 0 Å². The average molecular weight is 422 g/mol. The number of carbonyl (C=O) groups is 1. The second-order valence-electron chi connectivity index (χ2n) is 6.81. The summed E-state index contributed by atoms with van der Waals surface area (Å²) in [5.74, 6) is 0.367. The fourth-order valence-corrected chi connectivity index (χ4v) is 3.96. The monoisotopic (exact) mass is 421 g/mol. The van der Waals surface area contributed by atoms with Crippen LogP contribution >= 0.6 is 23.2 Å². The SMILES string of the molecule is O=C(c1ccc(Cl)cc1)c1cc2c3c(c1)c(-c1cccc(Cl)c1)cc(=O)n3CO2. The number of rotatable bonds is 3. The molecule has 0 fully saturated rings. The van der Waals surface area contributed by atoms with E-state index >= 15 is 0 Å². The fraction of sp³-hybridized carbons (Fsp3) is 0.0435. The summed E-state index contributed by atoms with van der Waals surface area (Å²) in [6, 6.07) is 19.1. The third-order valence-electron chi connectivity index (χ3n) is 5.02. The quantitative estimate of drug-likeness (QED) is 0.407. The number of hydrogen-bond donors (Lipinski definition) is 0. The molecule has 1 aliphatic rings. The van der Waals surface area contributed by atoms with E-state index in [1.165, 1.54) is 0 Å². The first-order valence-electron chi connectivity index (χ1n) is 8.92. The third kappa shape index (κ3) is 3.01. The second kappa shape index (κ2) is 6.76. The molecule has 0 radical (unpaired) electrons. The molecule has 0 amide bonds. The van der Waals surface area contributed by atoms with E-state index in [-0.39, 0.29) is 18.1 Å². The first-order chi connectivity index (χ1) is 14.0. The minimum Gasteiger partial charge on any atom is -0.470 e. The summed E-state index contributed by atoms with van der Waals surface area (Å²) in [5, 5.41) is 1.90. The van der Waals surface area contributed by atoms with Crippen molar-refractivity contribution < 1.29 is 9.53 Å². The average Bonchev–Trinajstić information content (AvgIpc) is 3.16. The summed E-state index contributed by atoms with van der Waals surface area (Å²) >= 11 is 12.1. The van der Waals surface area contributed by atoms with Gasteiger partial charge in [0.15, 0.2) is 12.5 Å². The topological polar surface area (TPSA) is 48.3 Å². The maximum atomic E-state index is 13.1. The minimum absolute atomic E-state index is 0.124. The molecule has 0 unspecified atom stereocenters. The third-order valence-corrected chi connectivity index (χ3v) is 5.51. The van der Waals surface area contributed by atoms with Crippen molar-refractivity contribution in [3.05, 3.63) is 98.3 Å². The highest BCUT2D eigenvalue weighted by Crippen LogP contribution is 2.37. The van der Waals surface area contributed by atoms with Crippen LogP contribution < -0.4 is 10.3 Å². The lowest BCUT2D eigenvalue weighted by Gasteiger charge is -2.11. The number of halogens is 2. The summed E-state index contributed by atoms with van der Waals surface area (Å²) in [6.07, 6.45) is 0. The Kier molecular flexibility index (Phi) is 4.19. The van der Waals surface area contributed by atoms with Crippen LogP contribution in [0.1, 0.15) is 15.9 Å². The molecule has 0 saturated carbocycles. The van der Waals surface area contributed by atoms with Gasteiger partial charge in [-0.3, -0.25) is 14.2 Å². The van der Waals surface area contributed by atoms with E-state index in [1.54, 1.807) is 59.2 Å². The molecule has 142 valence electrons. The van der Waals surface area contributed by atoms with Gasteiger partial charge in [0.05, 0.1) is 5.52 Å². The van der Waals surface area contributed by atoms with Crippen LogP contribution in [0.3, 0.4) is 0 Å². The van der Waals surface area contributed by atoms with Crippen LogP contribution in [-0.4, -0.2) is 10.4 Å². The van der Waals surface area contributed by atoms with Gasteiger partial charge < -0.3 is 4.74 Å². The number of hydrogen-bond acceptors (Lipinski definition) is 3. The number of ketones is 1. The van der Waals surface area contributed by atoms with Crippen LogP contribution in [0.5, 0.6) is 5.75 Å². The molecule has 0 aliphatic carbocycles. The number of pyridine rings is 1. The lowest BCUT2D eigenvalue weighted by molar-refractivity contribution is 0.103. The number of aromatic nitrogens is 1. The number of ether oxygens (including phenoxy) is 1. The Morgan fingerprint density at radius 3 is 2.45 bits per heavy atom. The Morgan fingerprint density at radius 1 is 0.897 bits per heavy atom. The lowest BCUT2D eigenvalue weighted by atomic mass is 9.96. The van der Waals surface area contributed by atoms with Gasteiger partial charge in [0.1, 0.15) is 5.75 Å². The van der Waals surface area contributed by atoms with Crippen molar-refractivity contribution in [3.63, 3.8) is 0 Å². The van der Waals surface area contributed by atoms with Gasteiger partial charge in [0, 0.05) is 32.6 Å². The molecular formula is C23H13Cl2NO3. The first kappa shape index (κ1) is 18.0. The van der Waals surface area contributed by atoms with Gasteiger partial charge in [-0.15, -0.1) is 0 Å². The van der Waals surface area contributed by atoms with E-state index in [0.717, 1.165) is 10.9 Å². The molecule has 0 spiro atoms. The second-order valence-corrected chi connectivity index (χ2v) is 7.69. The van der Waals surface area contributed by atoms with Crippen molar-refractivity contribution in [2.24, 2.45) is 0 Å². The van der Waals surface area contributed by atoms with Crippen LogP contribution in [0.4, 0.5) is 0 Å². The highest BCUT2D eigenvalue weighted by atomic mass is 35.5. The number of nitrogens with zero attached hydrogens (tertiary/aromatic N) is 1. The minimum atomic E-state index is -0.164. The van der Waals surface area contributed by atoms with Crippen LogP contribution in [-0.2, 0) is 6.73 Å². The number of benzene rings is 3. The van der Waals surface area contributed by atoms with Gasteiger partial charge in [0.2, 0.25) is 0 Å². The van der Waals surface area contributed by atoms with Gasteiger partial charge in [-0.05, 0) is 59.7 Å². The van der Waals surface area contributed by atoms with E-state index in [9.17, 15) is 9.59 Å². The van der Waals surface area contributed by atoms with Crippen molar-refractivity contribution in [1.82, 2.24) is 4.57 Å². The molecule has 29 heavy (non-hydrogen) atoms. The zero-order valence-electron chi connectivity index (χ0n) is 15.0. The van der Waals surface area contributed by atoms with Gasteiger partial charge in [-0.25, -0.2) is 0 Å². The van der Waals surface area contributed by atoms with Crippen LogP contribution in [0, 0.1) is 0 Å². The smallest absolute Gasteiger partial charge is 0.254 e. The lowest BCUT2D eigenvalue weighted by Crippen LogP contribution is -2.18. The summed E-state index contributed by atoms with van der Waals surface area (Å²) in [7, 11) is 0. The Bertz CT molecular complexity index is 1360. The van der Waals surface area contributed by atoms with Crippen molar-refractivity contribution in [2.45, 2.75) is 6.73 Å². The zero-order chi connectivity index (χ0) is 20.1. The molecule has 0 bridgehead atoms. The Morgan fingerprint density at radius 2 is 1.69 bits per heavy atom. The predicted molar refractivity (Wildman–Crippen MR) is 114 cm³/mol. The zero-order valence-corrected chi connectivity index (χ0v) is 16.5. The molecule has 4 aromatic rings. The molecule has 0 atom stereocenters. The molecule has 3 aromatic carbocycles. The van der Waals surface area contributed by atoms with Crippen LogP contribution in [0.15, 0.2) is 71.5 Å². The molecule has 5 rings (SSSR count). The molecular weight excluding hydrogens is 409 g/mol. The first-order valence-corrected chi connectivity index (χ1v) is 9.67. The molecule has 1 aliphatic heterocycles. The molecule has 0 saturated heterocycles. The highest BCUT2D eigenvalue weighted by Gasteiger charge is 2.23. The maximum Gasteiger partial charge on any atom is 0.254 e. The van der Waals surface area contributed by atoms with Gasteiger partial charge in [-0.1, -0.05) is 35.3 Å². The normalized spacial score (nSPS) is 12.2. The van der Waals surface area contributed by atoms with Crippen molar-refractivity contribution in [1.29, 1.82) is 0 Å². The van der Waals surface area contributed by atoms with Gasteiger partial charge >= 0.3 is 0 Å². The van der Waals surface area contributed by atoms with E-state index in [2.05, 4.69) is 0 Å². The molecule has 4 nitrogen and oxygen atoms in total. The maximum absolute atomic E-state index is 13.1. The summed E-state index contributed by atoms with van der Waals surface area (Å²) in [6.45, 7) is 0.124. The Balaban J connectivity index is 1.77. The molecule has 0 N–H and O–H groups in total. The van der Waals surface area contributed by atoms with E-state index in [0.29, 0.717) is 38.0 Å². The van der Waals surface area contributed by atoms with E-state index in [1.807, 2.05) is 12.1 Å². The van der Waals surface area contributed by atoms with Crippen molar-refractivity contribution in [2.75, 3.05) is 0 Å². The van der Waals surface area contributed by atoms with Crippen LogP contribution in [0.2, 0.25) is 10.0 Å². The highest BCUT2D eigenvalue weighted by molar-refractivity contribution is 6.31. The Labute approximate surface area is 175 Å². The summed E-state index contributed by atoms with van der Waals surface area (Å²) < 4.78 is 7.28. The van der Waals surface area contributed by atoms with Crippen molar-refractivity contribution >= 4 is 39.9 Å². The van der Waals surface area contributed by atoms with Crippen molar-refractivity contribution in [3.8, 4) is 16.9 Å². The van der Waals surface area contributed by atoms with Gasteiger partial charge in [-0.2, -0.15) is 0 Å².